The molecule has 0 bridgehead atoms. The van der Waals surface area contributed by atoms with Gasteiger partial charge in [0.25, 0.3) is 5.56 Å². The Balaban J connectivity index is 2.05. The predicted octanol–water partition coefficient (Wildman–Crippen LogP) is 2.58. The summed E-state index contributed by atoms with van der Waals surface area (Å²) in [5, 5.41) is 0. The molecular weight excluding hydrogens is 356 g/mol. The molecule has 0 saturated carbocycles. The van der Waals surface area contributed by atoms with Gasteiger partial charge in [-0.1, -0.05) is 60.7 Å². The van der Waals surface area contributed by atoms with Gasteiger partial charge in [-0.3, -0.25) is 4.79 Å². The molecule has 4 rings (SSSR count). The summed E-state index contributed by atoms with van der Waals surface area (Å²) in [6.07, 6.45) is 0. The van der Waals surface area contributed by atoms with Crippen LogP contribution in [0.3, 0.4) is 0 Å². The highest BCUT2D eigenvalue weighted by Crippen LogP contribution is 2.28. The van der Waals surface area contributed by atoms with Gasteiger partial charge in [-0.2, -0.15) is 0 Å². The van der Waals surface area contributed by atoms with Gasteiger partial charge in [-0.15, -0.1) is 0 Å². The van der Waals surface area contributed by atoms with Gasteiger partial charge in [0.15, 0.2) is 0 Å². The number of methoxy groups -OCH3 is 1. The second kappa shape index (κ2) is 7.03. The second-order valence-corrected chi connectivity index (χ2v) is 6.28. The van der Waals surface area contributed by atoms with Crippen molar-refractivity contribution in [2.45, 2.75) is 6.54 Å². The van der Waals surface area contributed by atoms with Crippen molar-refractivity contribution in [3.63, 3.8) is 0 Å². The van der Waals surface area contributed by atoms with Crippen LogP contribution >= 0.6 is 0 Å². The Labute approximate surface area is 160 Å². The van der Waals surface area contributed by atoms with Crippen LogP contribution in [0.4, 0.5) is 5.95 Å². The SMILES string of the molecule is COC(=O)c1cc(=O)n(Cc2ccccc2)n2c(N)nc(-c3ccccc3)c12. The van der Waals surface area contributed by atoms with E-state index in [1.807, 2.05) is 60.7 Å². The van der Waals surface area contributed by atoms with Gasteiger partial charge >= 0.3 is 5.97 Å². The molecule has 4 aromatic rings. The maximum absolute atomic E-state index is 12.8. The molecule has 28 heavy (non-hydrogen) atoms. The third-order valence-electron chi connectivity index (χ3n) is 4.53. The predicted molar refractivity (Wildman–Crippen MR) is 106 cm³/mol. The van der Waals surface area contributed by atoms with Crippen molar-refractivity contribution in [3.8, 4) is 11.3 Å². The molecular formula is C21H18N4O3. The number of nitrogens with zero attached hydrogens (tertiary/aromatic N) is 3. The molecule has 2 heterocycles. The van der Waals surface area contributed by atoms with Crippen LogP contribution < -0.4 is 11.3 Å². The van der Waals surface area contributed by atoms with E-state index in [4.69, 9.17) is 10.5 Å². The smallest absolute Gasteiger partial charge is 0.340 e. The third-order valence-corrected chi connectivity index (χ3v) is 4.53. The number of nitrogen functional groups attached to an aromatic ring is 1. The fourth-order valence-electron chi connectivity index (χ4n) is 3.25. The van der Waals surface area contributed by atoms with Crippen LogP contribution in [-0.2, 0) is 11.3 Å². The summed E-state index contributed by atoms with van der Waals surface area (Å²) >= 11 is 0. The average Bonchev–Trinajstić information content (AvgIpc) is 3.08. The number of hydrogen-bond donors (Lipinski definition) is 1. The Bertz CT molecular complexity index is 1210. The van der Waals surface area contributed by atoms with Gasteiger partial charge in [0.2, 0.25) is 5.95 Å². The molecule has 0 aliphatic rings. The average molecular weight is 374 g/mol. The molecule has 0 spiro atoms. The highest BCUT2D eigenvalue weighted by Gasteiger charge is 2.23. The van der Waals surface area contributed by atoms with Crippen LogP contribution in [0, 0.1) is 0 Å². The zero-order chi connectivity index (χ0) is 19.7. The molecule has 0 fully saturated rings. The summed E-state index contributed by atoms with van der Waals surface area (Å²) in [5.41, 5.74) is 8.60. The first-order valence-electron chi connectivity index (χ1n) is 8.70. The highest BCUT2D eigenvalue weighted by atomic mass is 16.5. The number of benzene rings is 2. The summed E-state index contributed by atoms with van der Waals surface area (Å²) in [5.74, 6) is -0.501. The molecule has 2 N–H and O–H groups in total. The maximum Gasteiger partial charge on any atom is 0.340 e. The Morgan fingerprint density at radius 1 is 1.07 bits per heavy atom. The molecule has 7 heteroatoms. The molecule has 0 aliphatic carbocycles. The van der Waals surface area contributed by atoms with E-state index in [9.17, 15) is 9.59 Å². The first-order valence-corrected chi connectivity index (χ1v) is 8.70. The van der Waals surface area contributed by atoms with Crippen molar-refractivity contribution >= 4 is 17.4 Å². The Kier molecular flexibility index (Phi) is 4.41. The first kappa shape index (κ1) is 17.5. The zero-order valence-corrected chi connectivity index (χ0v) is 15.2. The molecule has 7 nitrogen and oxygen atoms in total. The summed E-state index contributed by atoms with van der Waals surface area (Å²) in [6.45, 7) is 0.284. The Morgan fingerprint density at radius 2 is 1.71 bits per heavy atom. The van der Waals surface area contributed by atoms with E-state index >= 15 is 0 Å². The molecule has 0 saturated heterocycles. The van der Waals surface area contributed by atoms with E-state index in [0.29, 0.717) is 11.2 Å². The minimum Gasteiger partial charge on any atom is -0.465 e. The fraction of sp³-hybridized carbons (Fsp3) is 0.0952. The number of aromatic nitrogens is 3. The zero-order valence-electron chi connectivity index (χ0n) is 15.2. The molecule has 0 radical (unpaired) electrons. The lowest BCUT2D eigenvalue weighted by Crippen LogP contribution is -2.29. The summed E-state index contributed by atoms with van der Waals surface area (Å²) in [6, 6.07) is 20.2. The first-order chi connectivity index (χ1) is 13.6. The number of anilines is 1. The van der Waals surface area contributed by atoms with Crippen LogP contribution in [0.2, 0.25) is 0 Å². The van der Waals surface area contributed by atoms with Crippen LogP contribution in [0.5, 0.6) is 0 Å². The second-order valence-electron chi connectivity index (χ2n) is 6.28. The molecule has 2 aromatic carbocycles. The Hall–Kier alpha value is -3.87. The van der Waals surface area contributed by atoms with E-state index in [-0.39, 0.29) is 23.6 Å². The summed E-state index contributed by atoms with van der Waals surface area (Å²) < 4.78 is 7.84. The lowest BCUT2D eigenvalue weighted by Gasteiger charge is -2.13. The van der Waals surface area contributed by atoms with E-state index in [1.54, 1.807) is 0 Å². The van der Waals surface area contributed by atoms with E-state index in [0.717, 1.165) is 11.1 Å². The van der Waals surface area contributed by atoms with Gasteiger partial charge in [0.05, 0.1) is 19.2 Å². The van der Waals surface area contributed by atoms with Gasteiger partial charge in [0, 0.05) is 11.6 Å². The number of hydrogen-bond acceptors (Lipinski definition) is 5. The monoisotopic (exact) mass is 374 g/mol. The van der Waals surface area contributed by atoms with Gasteiger partial charge in [-0.25, -0.2) is 19.0 Å². The van der Waals surface area contributed by atoms with Gasteiger partial charge in [0.1, 0.15) is 11.2 Å². The maximum atomic E-state index is 12.8. The van der Waals surface area contributed by atoms with Crippen LogP contribution in [-0.4, -0.2) is 27.3 Å². The number of carbonyl (C=O) groups is 1. The van der Waals surface area contributed by atoms with E-state index < -0.39 is 5.97 Å². The summed E-state index contributed by atoms with van der Waals surface area (Å²) in [4.78, 5) is 29.7. The van der Waals surface area contributed by atoms with Crippen molar-refractivity contribution in [2.75, 3.05) is 12.8 Å². The number of carbonyl (C=O) groups excluding carboxylic acids is 1. The summed E-state index contributed by atoms with van der Waals surface area (Å²) in [7, 11) is 1.27. The van der Waals surface area contributed by atoms with Crippen molar-refractivity contribution < 1.29 is 9.53 Å². The lowest BCUT2D eigenvalue weighted by atomic mass is 10.1. The van der Waals surface area contributed by atoms with Gasteiger partial charge in [-0.05, 0) is 5.56 Å². The largest absolute Gasteiger partial charge is 0.465 e. The number of imidazole rings is 1. The number of ether oxygens (including phenoxy) is 1. The molecule has 140 valence electrons. The molecule has 0 atom stereocenters. The van der Waals surface area contributed by atoms with Gasteiger partial charge < -0.3 is 10.5 Å². The van der Waals surface area contributed by atoms with Crippen molar-refractivity contribution in [1.82, 2.24) is 14.2 Å². The van der Waals surface area contributed by atoms with E-state index in [2.05, 4.69) is 4.98 Å². The quantitative estimate of drug-likeness (QED) is 0.554. The lowest BCUT2D eigenvalue weighted by molar-refractivity contribution is 0.0602. The molecule has 0 unspecified atom stereocenters. The topological polar surface area (TPSA) is 91.6 Å². The fourth-order valence-corrected chi connectivity index (χ4v) is 3.25. The normalized spacial score (nSPS) is 10.9. The standard InChI is InChI=1S/C21H18N4O3/c1-28-20(27)16-12-17(26)24(13-14-8-4-2-5-9-14)25-19(16)18(23-21(25)22)15-10-6-3-7-11-15/h2-12H,13H2,1H3,(H2,22,23). The molecule has 0 aliphatic heterocycles. The highest BCUT2D eigenvalue weighted by molar-refractivity contribution is 6.01. The number of nitrogens with two attached hydrogens (primary N) is 1. The Morgan fingerprint density at radius 3 is 2.36 bits per heavy atom. The molecule has 0 amide bonds. The third kappa shape index (κ3) is 2.92. The number of esters is 1. The van der Waals surface area contributed by atoms with Crippen LogP contribution in [0.25, 0.3) is 16.8 Å². The minimum atomic E-state index is -0.619. The number of rotatable bonds is 4. The van der Waals surface area contributed by atoms with Crippen molar-refractivity contribution in [1.29, 1.82) is 0 Å². The minimum absolute atomic E-state index is 0.118. The van der Waals surface area contributed by atoms with Crippen LogP contribution in [0.15, 0.2) is 71.5 Å². The van der Waals surface area contributed by atoms with Crippen molar-refractivity contribution in [3.05, 3.63) is 88.2 Å². The van der Waals surface area contributed by atoms with Crippen molar-refractivity contribution in [2.24, 2.45) is 0 Å². The van der Waals surface area contributed by atoms with Crippen LogP contribution in [0.1, 0.15) is 15.9 Å². The molecule has 2 aromatic heterocycles. The van der Waals surface area contributed by atoms with E-state index in [1.165, 1.54) is 22.4 Å². The number of fused-ring (bicyclic) bond motifs is 1.